The first kappa shape index (κ1) is 12.4. The Hall–Kier alpha value is -2.68. The van der Waals surface area contributed by atoms with Crippen LogP contribution in [0.25, 0.3) is 10.9 Å². The Kier molecular flexibility index (Phi) is 2.95. The molecule has 0 spiro atoms. The summed E-state index contributed by atoms with van der Waals surface area (Å²) >= 11 is 0. The zero-order valence-corrected chi connectivity index (χ0v) is 11.0. The van der Waals surface area contributed by atoms with Gasteiger partial charge in [0.2, 0.25) is 0 Å². The molecule has 0 atom stereocenters. The largest absolute Gasteiger partial charge is 0.298 e. The molecule has 2 aromatic carbocycles. The van der Waals surface area contributed by atoms with Crippen LogP contribution in [0.1, 0.15) is 26.3 Å². The lowest BCUT2D eigenvalue weighted by molar-refractivity contribution is 0.0965. The van der Waals surface area contributed by atoms with Gasteiger partial charge in [0.15, 0.2) is 6.29 Å². The normalized spacial score (nSPS) is 10.7. The standard InChI is InChI=1S/C17H13NO2/c1-12-6-8-13(9-7-12)17(20)18-10-14(11-19)15-4-2-3-5-16(15)18/h2-11H,1H3. The van der Waals surface area contributed by atoms with Gasteiger partial charge in [0, 0.05) is 22.7 Å². The van der Waals surface area contributed by atoms with E-state index in [0.29, 0.717) is 11.1 Å². The topological polar surface area (TPSA) is 39.1 Å². The minimum absolute atomic E-state index is 0.130. The van der Waals surface area contributed by atoms with Crippen molar-refractivity contribution in [3.05, 3.63) is 71.4 Å². The fourth-order valence-electron chi connectivity index (χ4n) is 2.30. The monoisotopic (exact) mass is 263 g/mol. The van der Waals surface area contributed by atoms with Gasteiger partial charge in [0.05, 0.1) is 5.52 Å². The third-order valence-electron chi connectivity index (χ3n) is 3.39. The summed E-state index contributed by atoms with van der Waals surface area (Å²) < 4.78 is 1.53. The molecule has 0 unspecified atom stereocenters. The Labute approximate surface area is 116 Å². The lowest BCUT2D eigenvalue weighted by Gasteiger charge is -2.04. The lowest BCUT2D eigenvalue weighted by atomic mass is 10.1. The van der Waals surface area contributed by atoms with Crippen molar-refractivity contribution in [1.82, 2.24) is 4.57 Å². The molecule has 0 amide bonds. The van der Waals surface area contributed by atoms with Crippen LogP contribution < -0.4 is 0 Å². The summed E-state index contributed by atoms with van der Waals surface area (Å²) in [5, 5.41) is 0.794. The second-order valence-corrected chi connectivity index (χ2v) is 4.76. The average molecular weight is 263 g/mol. The molecular formula is C17H13NO2. The van der Waals surface area contributed by atoms with Crippen molar-refractivity contribution in [3.63, 3.8) is 0 Å². The van der Waals surface area contributed by atoms with E-state index in [2.05, 4.69) is 0 Å². The van der Waals surface area contributed by atoms with Crippen LogP contribution in [0.5, 0.6) is 0 Å². The highest BCUT2D eigenvalue weighted by molar-refractivity contribution is 6.06. The molecule has 0 aliphatic rings. The van der Waals surface area contributed by atoms with Crippen LogP contribution in [0.2, 0.25) is 0 Å². The van der Waals surface area contributed by atoms with Gasteiger partial charge < -0.3 is 0 Å². The third kappa shape index (κ3) is 1.93. The summed E-state index contributed by atoms with van der Waals surface area (Å²) in [7, 11) is 0. The molecular weight excluding hydrogens is 250 g/mol. The summed E-state index contributed by atoms with van der Waals surface area (Å²) in [5.41, 5.74) is 2.99. The van der Waals surface area contributed by atoms with Crippen molar-refractivity contribution < 1.29 is 9.59 Å². The fourth-order valence-corrected chi connectivity index (χ4v) is 2.30. The van der Waals surface area contributed by atoms with Gasteiger partial charge in [-0.2, -0.15) is 0 Å². The van der Waals surface area contributed by atoms with E-state index >= 15 is 0 Å². The summed E-state index contributed by atoms with van der Waals surface area (Å²) in [6, 6.07) is 14.8. The van der Waals surface area contributed by atoms with Crippen molar-refractivity contribution in [2.75, 3.05) is 0 Å². The number of hydrogen-bond donors (Lipinski definition) is 0. The molecule has 3 rings (SSSR count). The molecule has 0 aliphatic heterocycles. The first-order valence-corrected chi connectivity index (χ1v) is 6.37. The number of hydrogen-bond acceptors (Lipinski definition) is 2. The van der Waals surface area contributed by atoms with E-state index in [-0.39, 0.29) is 5.91 Å². The molecule has 20 heavy (non-hydrogen) atoms. The van der Waals surface area contributed by atoms with Gasteiger partial charge in [-0.3, -0.25) is 14.2 Å². The maximum absolute atomic E-state index is 12.5. The molecule has 98 valence electrons. The van der Waals surface area contributed by atoms with E-state index in [1.54, 1.807) is 18.3 Å². The lowest BCUT2D eigenvalue weighted by Crippen LogP contribution is -2.10. The van der Waals surface area contributed by atoms with Crippen molar-refractivity contribution in [2.24, 2.45) is 0 Å². The molecule has 0 aliphatic carbocycles. The molecule has 0 fully saturated rings. The summed E-state index contributed by atoms with van der Waals surface area (Å²) in [5.74, 6) is -0.130. The quantitative estimate of drug-likeness (QED) is 0.664. The number of rotatable bonds is 2. The molecule has 0 saturated carbocycles. The van der Waals surface area contributed by atoms with Crippen LogP contribution in [0, 0.1) is 6.92 Å². The van der Waals surface area contributed by atoms with Crippen LogP contribution in [0.3, 0.4) is 0 Å². The molecule has 3 nitrogen and oxygen atoms in total. The number of carbonyl (C=O) groups is 2. The molecule has 0 N–H and O–H groups in total. The summed E-state index contributed by atoms with van der Waals surface area (Å²) in [6.45, 7) is 1.98. The van der Waals surface area contributed by atoms with Gasteiger partial charge in [-0.1, -0.05) is 35.9 Å². The number of para-hydroxylation sites is 1. The molecule has 0 saturated heterocycles. The number of benzene rings is 2. The first-order valence-electron chi connectivity index (χ1n) is 6.37. The smallest absolute Gasteiger partial charge is 0.262 e. The summed E-state index contributed by atoms with van der Waals surface area (Å²) in [4.78, 5) is 23.7. The molecule has 3 aromatic rings. The number of fused-ring (bicyclic) bond motifs is 1. The maximum atomic E-state index is 12.5. The highest BCUT2D eigenvalue weighted by Crippen LogP contribution is 2.21. The zero-order chi connectivity index (χ0) is 14.1. The van der Waals surface area contributed by atoms with Gasteiger partial charge >= 0.3 is 0 Å². The van der Waals surface area contributed by atoms with Crippen molar-refractivity contribution in [3.8, 4) is 0 Å². The van der Waals surface area contributed by atoms with Crippen LogP contribution in [0.15, 0.2) is 54.7 Å². The Morgan fingerprint density at radius 3 is 2.45 bits per heavy atom. The first-order chi connectivity index (χ1) is 9.70. The minimum Gasteiger partial charge on any atom is -0.298 e. The number of aldehydes is 1. The van der Waals surface area contributed by atoms with Gasteiger partial charge in [0.25, 0.3) is 5.91 Å². The van der Waals surface area contributed by atoms with E-state index in [9.17, 15) is 9.59 Å². The molecule has 1 heterocycles. The fraction of sp³-hybridized carbons (Fsp3) is 0.0588. The predicted octanol–water partition coefficient (Wildman–Crippen LogP) is 3.45. The van der Waals surface area contributed by atoms with E-state index < -0.39 is 0 Å². The van der Waals surface area contributed by atoms with E-state index in [1.165, 1.54) is 4.57 Å². The van der Waals surface area contributed by atoms with Crippen LogP contribution >= 0.6 is 0 Å². The average Bonchev–Trinajstić information content (AvgIpc) is 2.86. The highest BCUT2D eigenvalue weighted by atomic mass is 16.2. The van der Waals surface area contributed by atoms with Gasteiger partial charge in [-0.25, -0.2) is 0 Å². The minimum atomic E-state index is -0.130. The van der Waals surface area contributed by atoms with E-state index in [0.717, 1.165) is 22.8 Å². The van der Waals surface area contributed by atoms with Gasteiger partial charge in [-0.05, 0) is 25.1 Å². The van der Waals surface area contributed by atoms with Crippen LogP contribution in [-0.4, -0.2) is 16.8 Å². The highest BCUT2D eigenvalue weighted by Gasteiger charge is 2.14. The molecule has 3 heteroatoms. The van der Waals surface area contributed by atoms with Crippen molar-refractivity contribution in [2.45, 2.75) is 6.92 Å². The van der Waals surface area contributed by atoms with Gasteiger partial charge in [-0.15, -0.1) is 0 Å². The third-order valence-corrected chi connectivity index (χ3v) is 3.39. The van der Waals surface area contributed by atoms with Crippen LogP contribution in [-0.2, 0) is 0 Å². The number of carbonyl (C=O) groups excluding carboxylic acids is 2. The molecule has 0 bridgehead atoms. The van der Waals surface area contributed by atoms with E-state index in [4.69, 9.17) is 0 Å². The number of aromatic nitrogens is 1. The van der Waals surface area contributed by atoms with Crippen LogP contribution in [0.4, 0.5) is 0 Å². The number of nitrogens with zero attached hydrogens (tertiary/aromatic N) is 1. The Balaban J connectivity index is 2.17. The van der Waals surface area contributed by atoms with E-state index in [1.807, 2.05) is 43.3 Å². The Morgan fingerprint density at radius 1 is 1.05 bits per heavy atom. The zero-order valence-electron chi connectivity index (χ0n) is 11.0. The maximum Gasteiger partial charge on any atom is 0.262 e. The summed E-state index contributed by atoms with van der Waals surface area (Å²) in [6.07, 6.45) is 2.38. The van der Waals surface area contributed by atoms with Crippen molar-refractivity contribution in [1.29, 1.82) is 0 Å². The predicted molar refractivity (Wildman–Crippen MR) is 78.2 cm³/mol. The van der Waals surface area contributed by atoms with Crippen molar-refractivity contribution >= 4 is 23.1 Å². The second-order valence-electron chi connectivity index (χ2n) is 4.76. The number of aryl methyl sites for hydroxylation is 1. The molecule has 0 radical (unpaired) electrons. The Morgan fingerprint density at radius 2 is 1.75 bits per heavy atom. The van der Waals surface area contributed by atoms with Gasteiger partial charge in [0.1, 0.15) is 0 Å². The SMILES string of the molecule is Cc1ccc(C(=O)n2cc(C=O)c3ccccc32)cc1. The second kappa shape index (κ2) is 4.78. The Bertz CT molecular complexity index is 797. The molecule has 1 aromatic heterocycles.